The number of methoxy groups -OCH3 is 1. The topological polar surface area (TPSA) is 59.9 Å². The van der Waals surface area contributed by atoms with Crippen molar-refractivity contribution in [1.29, 1.82) is 0 Å². The van der Waals surface area contributed by atoms with E-state index in [-0.39, 0.29) is 5.91 Å². The van der Waals surface area contributed by atoms with E-state index in [0.29, 0.717) is 33.0 Å². The first-order valence-electron chi connectivity index (χ1n) is 8.05. The van der Waals surface area contributed by atoms with Gasteiger partial charge in [-0.05, 0) is 42.8 Å². The van der Waals surface area contributed by atoms with Gasteiger partial charge >= 0.3 is 0 Å². The number of thiophene rings is 1. The number of carbonyl (C=O) groups excluding carboxylic acids is 1. The summed E-state index contributed by atoms with van der Waals surface area (Å²) < 4.78 is 11.6. The molecule has 140 valence electrons. The Morgan fingerprint density at radius 2 is 2.04 bits per heavy atom. The van der Waals surface area contributed by atoms with Crippen LogP contribution in [0.5, 0.6) is 11.5 Å². The van der Waals surface area contributed by atoms with Crippen molar-refractivity contribution >= 4 is 56.7 Å². The number of rotatable bonds is 6. The summed E-state index contributed by atoms with van der Waals surface area (Å²) >= 11 is 13.6. The molecular formula is C19H16Cl2N2O3S. The second-order valence-corrected chi connectivity index (χ2v) is 7.29. The summed E-state index contributed by atoms with van der Waals surface area (Å²) in [5, 5.41) is 5.77. The van der Waals surface area contributed by atoms with E-state index in [4.69, 9.17) is 32.7 Å². The zero-order valence-electron chi connectivity index (χ0n) is 14.6. The van der Waals surface area contributed by atoms with Gasteiger partial charge in [0.15, 0.2) is 11.5 Å². The average molecular weight is 423 g/mol. The minimum Gasteiger partial charge on any atom is -0.493 e. The van der Waals surface area contributed by atoms with Crippen LogP contribution in [0.4, 0.5) is 0 Å². The first-order valence-corrected chi connectivity index (χ1v) is 9.62. The van der Waals surface area contributed by atoms with Crippen molar-refractivity contribution in [3.8, 4) is 11.5 Å². The van der Waals surface area contributed by atoms with Gasteiger partial charge in [-0.1, -0.05) is 29.3 Å². The summed E-state index contributed by atoms with van der Waals surface area (Å²) in [6.07, 6.45) is 1.52. The zero-order valence-corrected chi connectivity index (χ0v) is 16.9. The van der Waals surface area contributed by atoms with E-state index in [1.165, 1.54) is 17.6 Å². The van der Waals surface area contributed by atoms with E-state index in [1.807, 2.05) is 13.0 Å². The van der Waals surface area contributed by atoms with Gasteiger partial charge in [-0.2, -0.15) is 5.10 Å². The molecule has 0 unspecified atom stereocenters. The molecule has 0 saturated carbocycles. The van der Waals surface area contributed by atoms with Crippen LogP contribution in [-0.4, -0.2) is 25.8 Å². The highest BCUT2D eigenvalue weighted by atomic mass is 35.5. The number of halogens is 2. The molecule has 3 aromatic rings. The largest absolute Gasteiger partial charge is 0.493 e. The summed E-state index contributed by atoms with van der Waals surface area (Å²) in [7, 11) is 1.57. The molecule has 0 atom stereocenters. The van der Waals surface area contributed by atoms with Gasteiger partial charge in [-0.15, -0.1) is 11.3 Å². The summed E-state index contributed by atoms with van der Waals surface area (Å²) in [6.45, 7) is 2.44. The lowest BCUT2D eigenvalue weighted by Crippen LogP contribution is -2.16. The molecule has 0 radical (unpaired) electrons. The maximum absolute atomic E-state index is 12.4. The van der Waals surface area contributed by atoms with Gasteiger partial charge < -0.3 is 9.47 Å². The highest BCUT2D eigenvalue weighted by Crippen LogP contribution is 2.36. The smallest absolute Gasteiger partial charge is 0.283 e. The SMILES string of the molecule is CCOc1ccc(C=NNC(=O)c2sc3cc(Cl)ccc3c2Cl)cc1OC. The summed E-state index contributed by atoms with van der Waals surface area (Å²) in [5.41, 5.74) is 3.25. The quantitative estimate of drug-likeness (QED) is 0.428. The first kappa shape index (κ1) is 19.5. The van der Waals surface area contributed by atoms with Gasteiger partial charge in [-0.3, -0.25) is 4.79 Å². The van der Waals surface area contributed by atoms with Gasteiger partial charge in [0.1, 0.15) is 4.88 Å². The number of amides is 1. The molecule has 0 fully saturated rings. The second-order valence-electron chi connectivity index (χ2n) is 5.43. The third-order valence-corrected chi connectivity index (χ3v) is 5.56. The van der Waals surface area contributed by atoms with Crippen molar-refractivity contribution < 1.29 is 14.3 Å². The number of ether oxygens (including phenoxy) is 2. The summed E-state index contributed by atoms with van der Waals surface area (Å²) in [6, 6.07) is 10.7. The highest BCUT2D eigenvalue weighted by molar-refractivity contribution is 7.21. The maximum atomic E-state index is 12.4. The van der Waals surface area contributed by atoms with E-state index in [9.17, 15) is 4.79 Å². The van der Waals surface area contributed by atoms with Gasteiger partial charge in [0.25, 0.3) is 5.91 Å². The number of hydrogen-bond donors (Lipinski definition) is 1. The molecule has 1 amide bonds. The highest BCUT2D eigenvalue weighted by Gasteiger charge is 2.17. The number of hydrogen-bond acceptors (Lipinski definition) is 5. The van der Waals surface area contributed by atoms with Gasteiger partial charge in [-0.25, -0.2) is 5.43 Å². The van der Waals surface area contributed by atoms with E-state index in [1.54, 1.807) is 37.4 Å². The maximum Gasteiger partial charge on any atom is 0.283 e. The third kappa shape index (κ3) is 4.35. The van der Waals surface area contributed by atoms with E-state index >= 15 is 0 Å². The number of nitrogens with one attached hydrogen (secondary N) is 1. The van der Waals surface area contributed by atoms with E-state index < -0.39 is 0 Å². The number of fused-ring (bicyclic) bond motifs is 1. The molecule has 27 heavy (non-hydrogen) atoms. The first-order chi connectivity index (χ1) is 13.0. The Balaban J connectivity index is 1.75. The lowest BCUT2D eigenvalue weighted by Gasteiger charge is -2.09. The molecule has 0 saturated heterocycles. The fraction of sp³-hybridized carbons (Fsp3) is 0.158. The van der Waals surface area contributed by atoms with Crippen LogP contribution in [0.3, 0.4) is 0 Å². The van der Waals surface area contributed by atoms with Crippen LogP contribution in [0.25, 0.3) is 10.1 Å². The monoisotopic (exact) mass is 422 g/mol. The predicted molar refractivity (Wildman–Crippen MR) is 111 cm³/mol. The second kappa shape index (κ2) is 8.61. The van der Waals surface area contributed by atoms with Crippen LogP contribution < -0.4 is 14.9 Å². The number of benzene rings is 2. The minimum atomic E-state index is -0.383. The lowest BCUT2D eigenvalue weighted by atomic mass is 10.2. The van der Waals surface area contributed by atoms with Crippen molar-refractivity contribution in [3.63, 3.8) is 0 Å². The number of nitrogens with zero attached hydrogens (tertiary/aromatic N) is 1. The van der Waals surface area contributed by atoms with Crippen molar-refractivity contribution in [1.82, 2.24) is 5.43 Å². The van der Waals surface area contributed by atoms with Gasteiger partial charge in [0, 0.05) is 15.1 Å². The zero-order chi connectivity index (χ0) is 19.4. The Hall–Kier alpha value is -2.28. The molecule has 1 aromatic heterocycles. The Labute approximate surface area is 170 Å². The lowest BCUT2D eigenvalue weighted by molar-refractivity contribution is 0.0959. The van der Waals surface area contributed by atoms with Crippen LogP contribution >= 0.6 is 34.5 Å². The number of hydrazone groups is 1. The van der Waals surface area contributed by atoms with Crippen LogP contribution in [0.15, 0.2) is 41.5 Å². The fourth-order valence-corrected chi connectivity index (χ4v) is 4.12. The van der Waals surface area contributed by atoms with E-state index in [0.717, 1.165) is 15.6 Å². The average Bonchev–Trinajstić information content (AvgIpc) is 2.98. The molecular weight excluding hydrogens is 407 g/mol. The molecule has 1 heterocycles. The number of carbonyl (C=O) groups is 1. The molecule has 0 aliphatic carbocycles. The van der Waals surface area contributed by atoms with Crippen LogP contribution in [0.1, 0.15) is 22.2 Å². The molecule has 0 spiro atoms. The van der Waals surface area contributed by atoms with Gasteiger partial charge in [0.2, 0.25) is 0 Å². The summed E-state index contributed by atoms with van der Waals surface area (Å²) in [5.74, 6) is 0.861. The van der Waals surface area contributed by atoms with Gasteiger partial charge in [0.05, 0.1) is 25.0 Å². The third-order valence-electron chi connectivity index (χ3n) is 3.66. The predicted octanol–water partition coefficient (Wildman–Crippen LogP) is 5.38. The molecule has 8 heteroatoms. The molecule has 1 N–H and O–H groups in total. The minimum absolute atomic E-state index is 0.383. The molecule has 0 bridgehead atoms. The Morgan fingerprint density at radius 3 is 2.78 bits per heavy atom. The van der Waals surface area contributed by atoms with Crippen molar-refractivity contribution in [2.45, 2.75) is 6.92 Å². The van der Waals surface area contributed by atoms with Crippen LogP contribution in [-0.2, 0) is 0 Å². The van der Waals surface area contributed by atoms with Crippen molar-refractivity contribution in [2.75, 3.05) is 13.7 Å². The molecule has 3 rings (SSSR count). The summed E-state index contributed by atoms with van der Waals surface area (Å²) in [4.78, 5) is 12.8. The molecule has 2 aromatic carbocycles. The van der Waals surface area contributed by atoms with Crippen molar-refractivity contribution in [2.24, 2.45) is 5.10 Å². The molecule has 0 aliphatic heterocycles. The molecule has 5 nitrogen and oxygen atoms in total. The van der Waals surface area contributed by atoms with Crippen molar-refractivity contribution in [3.05, 3.63) is 56.9 Å². The Bertz CT molecular complexity index is 1020. The Kier molecular flexibility index (Phi) is 6.21. The molecule has 0 aliphatic rings. The van der Waals surface area contributed by atoms with Crippen LogP contribution in [0, 0.1) is 0 Å². The normalized spacial score (nSPS) is 11.1. The van der Waals surface area contributed by atoms with E-state index in [2.05, 4.69) is 10.5 Å². The Morgan fingerprint density at radius 1 is 1.22 bits per heavy atom. The standard InChI is InChI=1S/C19H16Cl2N2O3S/c1-3-26-14-7-4-11(8-15(14)25-2)10-22-23-19(24)18-17(21)13-6-5-12(20)9-16(13)27-18/h4-10H,3H2,1-2H3,(H,23,24). The van der Waals surface area contributed by atoms with Crippen LogP contribution in [0.2, 0.25) is 10.0 Å². The fourth-order valence-electron chi connectivity index (χ4n) is 2.44.